The van der Waals surface area contributed by atoms with Crippen LogP contribution in [0.3, 0.4) is 0 Å². The first-order valence-corrected chi connectivity index (χ1v) is 7.94. The number of aromatic amines is 1. The van der Waals surface area contributed by atoms with Crippen molar-refractivity contribution >= 4 is 48.7 Å². The summed E-state index contributed by atoms with van der Waals surface area (Å²) in [5.74, 6) is -0.0387. The van der Waals surface area contributed by atoms with Gasteiger partial charge in [-0.15, -0.1) is 0 Å². The molecule has 0 radical (unpaired) electrons. The smallest absolute Gasteiger partial charge is 0.256 e. The molecule has 1 atom stereocenters. The van der Waals surface area contributed by atoms with Gasteiger partial charge in [0.15, 0.2) is 0 Å². The first-order chi connectivity index (χ1) is 9.37. The number of benzene rings is 1. The van der Waals surface area contributed by atoms with Crippen molar-refractivity contribution in [3.63, 3.8) is 0 Å². The lowest BCUT2D eigenvalue weighted by Crippen LogP contribution is -2.33. The Morgan fingerprint density at radius 1 is 1.40 bits per heavy atom. The van der Waals surface area contributed by atoms with E-state index in [0.717, 1.165) is 19.8 Å². The van der Waals surface area contributed by atoms with Gasteiger partial charge in [0.1, 0.15) is 0 Å². The molecule has 20 heavy (non-hydrogen) atoms. The number of rotatable bonds is 1. The standard InChI is InChI=1S/C14H14Br2N2O2/c1-14(20)2-3-18(7-14)13(19)9-6-17-12-5-11(16)10(15)4-8(9)12/h4-6,17,20H,2-3,7H2,1H3. The molecule has 1 aromatic carbocycles. The number of nitrogens with zero attached hydrogens (tertiary/aromatic N) is 1. The molecule has 0 bridgehead atoms. The molecule has 1 unspecified atom stereocenters. The zero-order valence-electron chi connectivity index (χ0n) is 10.9. The number of carbonyl (C=O) groups excluding carboxylic acids is 1. The number of halogens is 2. The molecule has 2 heterocycles. The lowest BCUT2D eigenvalue weighted by Gasteiger charge is -2.18. The van der Waals surface area contributed by atoms with E-state index in [0.29, 0.717) is 25.1 Å². The SMILES string of the molecule is CC1(O)CCN(C(=O)c2c[nH]c3cc(Br)c(Br)cc23)C1. The van der Waals surface area contributed by atoms with Gasteiger partial charge in [-0.3, -0.25) is 4.79 Å². The van der Waals surface area contributed by atoms with Crippen LogP contribution < -0.4 is 0 Å². The molecule has 2 aromatic rings. The highest BCUT2D eigenvalue weighted by Crippen LogP contribution is 2.31. The van der Waals surface area contributed by atoms with Gasteiger partial charge in [-0.05, 0) is 57.3 Å². The number of H-pyrrole nitrogens is 1. The first kappa shape index (κ1) is 14.1. The van der Waals surface area contributed by atoms with E-state index in [1.54, 1.807) is 18.0 Å². The molecular formula is C14H14Br2N2O2. The number of hydrogen-bond donors (Lipinski definition) is 2. The summed E-state index contributed by atoms with van der Waals surface area (Å²) in [6.07, 6.45) is 2.36. The Balaban J connectivity index is 1.98. The van der Waals surface area contributed by atoms with Crippen molar-refractivity contribution in [2.45, 2.75) is 18.9 Å². The van der Waals surface area contributed by atoms with Gasteiger partial charge in [-0.25, -0.2) is 0 Å². The number of hydrogen-bond acceptors (Lipinski definition) is 2. The minimum Gasteiger partial charge on any atom is -0.388 e. The normalized spacial score (nSPS) is 22.7. The number of aliphatic hydroxyl groups is 1. The van der Waals surface area contributed by atoms with E-state index in [1.807, 2.05) is 12.1 Å². The molecule has 1 fully saturated rings. The molecular weight excluding hydrogens is 388 g/mol. The van der Waals surface area contributed by atoms with Crippen LogP contribution in [0, 0.1) is 0 Å². The van der Waals surface area contributed by atoms with Crippen LogP contribution in [0.15, 0.2) is 27.3 Å². The van der Waals surface area contributed by atoms with E-state index in [2.05, 4.69) is 36.8 Å². The highest BCUT2D eigenvalue weighted by molar-refractivity contribution is 9.13. The van der Waals surface area contributed by atoms with Crippen molar-refractivity contribution in [1.82, 2.24) is 9.88 Å². The third kappa shape index (κ3) is 2.40. The minimum absolute atomic E-state index is 0.0387. The Bertz CT molecular complexity index is 694. The summed E-state index contributed by atoms with van der Waals surface area (Å²) in [6.45, 7) is 2.75. The van der Waals surface area contributed by atoms with Crippen molar-refractivity contribution in [1.29, 1.82) is 0 Å². The lowest BCUT2D eigenvalue weighted by molar-refractivity contribution is 0.0573. The third-order valence-electron chi connectivity index (χ3n) is 3.69. The van der Waals surface area contributed by atoms with Crippen LogP contribution in [0.25, 0.3) is 10.9 Å². The maximum Gasteiger partial charge on any atom is 0.256 e. The summed E-state index contributed by atoms with van der Waals surface area (Å²) in [5, 5.41) is 10.9. The number of nitrogens with one attached hydrogen (secondary N) is 1. The topological polar surface area (TPSA) is 56.3 Å². The van der Waals surface area contributed by atoms with E-state index in [-0.39, 0.29) is 5.91 Å². The maximum absolute atomic E-state index is 12.6. The van der Waals surface area contributed by atoms with E-state index >= 15 is 0 Å². The minimum atomic E-state index is -0.772. The van der Waals surface area contributed by atoms with Gasteiger partial charge < -0.3 is 15.0 Å². The van der Waals surface area contributed by atoms with E-state index in [1.165, 1.54) is 0 Å². The monoisotopic (exact) mass is 400 g/mol. The van der Waals surface area contributed by atoms with Crippen molar-refractivity contribution < 1.29 is 9.90 Å². The summed E-state index contributed by atoms with van der Waals surface area (Å²) >= 11 is 6.91. The van der Waals surface area contributed by atoms with E-state index in [4.69, 9.17) is 0 Å². The number of carbonyl (C=O) groups is 1. The fourth-order valence-electron chi connectivity index (χ4n) is 2.58. The van der Waals surface area contributed by atoms with Gasteiger partial charge >= 0.3 is 0 Å². The van der Waals surface area contributed by atoms with Crippen LogP contribution in [0.4, 0.5) is 0 Å². The van der Waals surface area contributed by atoms with Crippen molar-refractivity contribution in [2.75, 3.05) is 13.1 Å². The van der Waals surface area contributed by atoms with Crippen molar-refractivity contribution in [3.8, 4) is 0 Å². The van der Waals surface area contributed by atoms with Crippen molar-refractivity contribution in [2.24, 2.45) is 0 Å². The summed E-state index contributed by atoms with van der Waals surface area (Å²) in [4.78, 5) is 17.4. The van der Waals surface area contributed by atoms with E-state index in [9.17, 15) is 9.90 Å². The van der Waals surface area contributed by atoms with Crippen LogP contribution >= 0.6 is 31.9 Å². The molecule has 2 N–H and O–H groups in total. The largest absolute Gasteiger partial charge is 0.388 e. The summed E-state index contributed by atoms with van der Waals surface area (Å²) in [5.41, 5.74) is 0.783. The Morgan fingerprint density at radius 2 is 2.10 bits per heavy atom. The lowest BCUT2D eigenvalue weighted by atomic mass is 10.1. The number of likely N-dealkylation sites (tertiary alicyclic amines) is 1. The second kappa shape index (κ2) is 4.86. The molecule has 1 aromatic heterocycles. The van der Waals surface area contributed by atoms with Crippen LogP contribution in [0.2, 0.25) is 0 Å². The average Bonchev–Trinajstić information content (AvgIpc) is 2.93. The second-order valence-electron chi connectivity index (χ2n) is 5.49. The Morgan fingerprint density at radius 3 is 2.75 bits per heavy atom. The molecule has 1 amide bonds. The predicted molar refractivity (Wildman–Crippen MR) is 84.8 cm³/mol. The molecule has 1 aliphatic heterocycles. The summed E-state index contributed by atoms with van der Waals surface area (Å²) < 4.78 is 1.85. The molecule has 6 heteroatoms. The predicted octanol–water partition coefficient (Wildman–Crippen LogP) is 3.29. The van der Waals surface area contributed by atoms with E-state index < -0.39 is 5.60 Å². The fraction of sp³-hybridized carbons (Fsp3) is 0.357. The average molecular weight is 402 g/mol. The first-order valence-electron chi connectivity index (χ1n) is 6.35. The van der Waals surface area contributed by atoms with Gasteiger partial charge in [0.25, 0.3) is 5.91 Å². The van der Waals surface area contributed by atoms with Crippen molar-refractivity contribution in [3.05, 3.63) is 32.8 Å². The molecule has 0 saturated carbocycles. The van der Waals surface area contributed by atoms with Gasteiger partial charge in [-0.1, -0.05) is 0 Å². The number of fused-ring (bicyclic) bond motifs is 1. The van der Waals surface area contributed by atoms with Gasteiger partial charge in [0.2, 0.25) is 0 Å². The van der Waals surface area contributed by atoms with Crippen LogP contribution in [0.5, 0.6) is 0 Å². The van der Waals surface area contributed by atoms with Gasteiger partial charge in [-0.2, -0.15) is 0 Å². The second-order valence-corrected chi connectivity index (χ2v) is 7.20. The quantitative estimate of drug-likeness (QED) is 0.770. The number of β-amino-alcohol motifs (C(OH)–C–C–N with tert-alkyl or cyclic N) is 1. The molecule has 1 saturated heterocycles. The summed E-state index contributed by atoms with van der Waals surface area (Å²) in [7, 11) is 0. The highest BCUT2D eigenvalue weighted by Gasteiger charge is 2.34. The Kier molecular flexibility index (Phi) is 3.43. The molecule has 3 rings (SSSR count). The van der Waals surface area contributed by atoms with Gasteiger partial charge in [0.05, 0.1) is 11.2 Å². The number of amides is 1. The summed E-state index contributed by atoms with van der Waals surface area (Å²) in [6, 6.07) is 3.87. The maximum atomic E-state index is 12.6. The molecule has 0 aliphatic carbocycles. The highest BCUT2D eigenvalue weighted by atomic mass is 79.9. The van der Waals surface area contributed by atoms with Crippen LogP contribution in [0.1, 0.15) is 23.7 Å². The number of aromatic nitrogens is 1. The molecule has 106 valence electrons. The molecule has 4 nitrogen and oxygen atoms in total. The zero-order valence-corrected chi connectivity index (χ0v) is 14.1. The molecule has 0 spiro atoms. The Hall–Kier alpha value is -0.850. The molecule has 1 aliphatic rings. The van der Waals surface area contributed by atoms with Gasteiger partial charge in [0, 0.05) is 39.1 Å². The Labute approximate surface area is 133 Å². The fourth-order valence-corrected chi connectivity index (χ4v) is 3.27. The third-order valence-corrected chi connectivity index (χ3v) is 5.54. The zero-order chi connectivity index (χ0) is 14.5. The van der Waals surface area contributed by atoms with Crippen LogP contribution in [-0.2, 0) is 0 Å². The van der Waals surface area contributed by atoms with Crippen LogP contribution in [-0.4, -0.2) is 39.6 Å².